The third-order valence-electron chi connectivity index (χ3n) is 4.24. The highest BCUT2D eigenvalue weighted by Crippen LogP contribution is 2.27. The van der Waals surface area contributed by atoms with Crippen LogP contribution in [-0.4, -0.2) is 35.7 Å². The zero-order valence-electron chi connectivity index (χ0n) is 10.7. The van der Waals surface area contributed by atoms with Crippen molar-refractivity contribution in [3.8, 4) is 0 Å². The van der Waals surface area contributed by atoms with E-state index in [9.17, 15) is 9.90 Å². The van der Waals surface area contributed by atoms with Crippen molar-refractivity contribution in [3.63, 3.8) is 0 Å². The molecule has 2 atom stereocenters. The molecule has 4 heteroatoms. The molecule has 0 spiro atoms. The average molecular weight is 240 g/mol. The molecule has 1 heterocycles. The Morgan fingerprint density at radius 3 is 2.71 bits per heavy atom. The van der Waals surface area contributed by atoms with Crippen LogP contribution in [-0.2, 0) is 4.79 Å². The number of nitrogens with one attached hydrogen (secondary N) is 2. The second-order valence-corrected chi connectivity index (χ2v) is 5.64. The second kappa shape index (κ2) is 5.36. The predicted molar refractivity (Wildman–Crippen MR) is 66.6 cm³/mol. The Morgan fingerprint density at radius 1 is 1.41 bits per heavy atom. The largest absolute Gasteiger partial charge is 0.388 e. The first-order valence-corrected chi connectivity index (χ1v) is 6.84. The smallest absolute Gasteiger partial charge is 0.224 e. The Labute approximate surface area is 103 Å². The number of aliphatic hydroxyl groups is 1. The molecule has 98 valence electrons. The summed E-state index contributed by atoms with van der Waals surface area (Å²) in [6.07, 6.45) is 5.92. The van der Waals surface area contributed by atoms with Crippen molar-refractivity contribution in [2.45, 2.75) is 57.1 Å². The quantitative estimate of drug-likeness (QED) is 0.683. The lowest BCUT2D eigenvalue weighted by Crippen LogP contribution is -2.47. The van der Waals surface area contributed by atoms with Crippen LogP contribution in [0.5, 0.6) is 0 Å². The summed E-state index contributed by atoms with van der Waals surface area (Å²) in [5, 5.41) is 16.5. The van der Waals surface area contributed by atoms with E-state index in [-0.39, 0.29) is 17.9 Å². The minimum atomic E-state index is -0.650. The summed E-state index contributed by atoms with van der Waals surface area (Å²) in [6.45, 7) is 3.39. The Hall–Kier alpha value is -0.610. The molecule has 17 heavy (non-hydrogen) atoms. The van der Waals surface area contributed by atoms with Crippen LogP contribution in [0.25, 0.3) is 0 Å². The fourth-order valence-electron chi connectivity index (χ4n) is 2.99. The van der Waals surface area contributed by atoms with E-state index in [4.69, 9.17) is 0 Å². The first kappa shape index (κ1) is 12.8. The number of hydrogen-bond acceptors (Lipinski definition) is 3. The predicted octanol–water partition coefficient (Wildman–Crippen LogP) is 0.796. The zero-order chi connectivity index (χ0) is 12.3. The van der Waals surface area contributed by atoms with Crippen LogP contribution < -0.4 is 10.6 Å². The molecule has 1 aliphatic heterocycles. The minimum absolute atomic E-state index is 0.0715. The monoisotopic (exact) mass is 240 g/mol. The van der Waals surface area contributed by atoms with Crippen LogP contribution in [0.3, 0.4) is 0 Å². The van der Waals surface area contributed by atoms with Crippen LogP contribution >= 0.6 is 0 Å². The van der Waals surface area contributed by atoms with Crippen molar-refractivity contribution in [2.75, 3.05) is 13.1 Å². The topological polar surface area (TPSA) is 61.4 Å². The summed E-state index contributed by atoms with van der Waals surface area (Å²) in [5.74, 6) is 0.170. The fourth-order valence-corrected chi connectivity index (χ4v) is 2.99. The van der Waals surface area contributed by atoms with E-state index in [0.29, 0.717) is 6.54 Å². The van der Waals surface area contributed by atoms with Crippen LogP contribution in [0, 0.1) is 5.92 Å². The fraction of sp³-hybridized carbons (Fsp3) is 0.923. The molecular weight excluding hydrogens is 216 g/mol. The van der Waals surface area contributed by atoms with E-state index in [2.05, 4.69) is 10.6 Å². The molecule has 1 aliphatic carbocycles. The highest BCUT2D eigenvalue weighted by atomic mass is 16.3. The van der Waals surface area contributed by atoms with Gasteiger partial charge < -0.3 is 15.7 Å². The van der Waals surface area contributed by atoms with Gasteiger partial charge in [-0.25, -0.2) is 0 Å². The lowest BCUT2D eigenvalue weighted by atomic mass is 9.84. The third-order valence-corrected chi connectivity index (χ3v) is 4.24. The molecule has 2 rings (SSSR count). The van der Waals surface area contributed by atoms with Crippen molar-refractivity contribution < 1.29 is 9.90 Å². The molecule has 0 bridgehead atoms. The maximum Gasteiger partial charge on any atom is 0.224 e. The number of amides is 1. The van der Waals surface area contributed by atoms with Crippen LogP contribution in [0.4, 0.5) is 0 Å². The lowest BCUT2D eigenvalue weighted by molar-refractivity contribution is -0.126. The van der Waals surface area contributed by atoms with Crippen molar-refractivity contribution in [2.24, 2.45) is 5.92 Å². The van der Waals surface area contributed by atoms with E-state index in [1.807, 2.05) is 6.92 Å². The standard InChI is InChI=1S/C13H24N2O2/c1-10-11(5-8-14-10)12(16)15-9-13(17)6-3-2-4-7-13/h10-11,14,17H,2-9H2,1H3,(H,15,16). The van der Waals surface area contributed by atoms with Crippen molar-refractivity contribution in [1.82, 2.24) is 10.6 Å². The SMILES string of the molecule is CC1NCCC1C(=O)NCC1(O)CCCCC1. The summed E-state index contributed by atoms with van der Waals surface area (Å²) < 4.78 is 0. The summed E-state index contributed by atoms with van der Waals surface area (Å²) in [7, 11) is 0. The molecule has 0 aromatic heterocycles. The molecule has 0 radical (unpaired) electrons. The van der Waals surface area contributed by atoms with Crippen molar-refractivity contribution in [3.05, 3.63) is 0 Å². The zero-order valence-corrected chi connectivity index (χ0v) is 10.7. The summed E-state index contributed by atoms with van der Waals surface area (Å²) in [6, 6.07) is 0.260. The molecule has 3 N–H and O–H groups in total. The average Bonchev–Trinajstić information content (AvgIpc) is 2.74. The molecule has 2 unspecified atom stereocenters. The maximum absolute atomic E-state index is 12.0. The molecule has 4 nitrogen and oxygen atoms in total. The number of carbonyl (C=O) groups is 1. The van der Waals surface area contributed by atoms with E-state index in [0.717, 1.165) is 38.6 Å². The van der Waals surface area contributed by atoms with E-state index in [1.54, 1.807) is 0 Å². The van der Waals surface area contributed by atoms with Gasteiger partial charge in [0.05, 0.1) is 11.5 Å². The van der Waals surface area contributed by atoms with Gasteiger partial charge in [-0.1, -0.05) is 19.3 Å². The Morgan fingerprint density at radius 2 is 2.12 bits per heavy atom. The van der Waals surface area contributed by atoms with Gasteiger partial charge in [0, 0.05) is 12.6 Å². The van der Waals surface area contributed by atoms with E-state index < -0.39 is 5.60 Å². The van der Waals surface area contributed by atoms with Gasteiger partial charge in [0.1, 0.15) is 0 Å². The van der Waals surface area contributed by atoms with E-state index in [1.165, 1.54) is 6.42 Å². The van der Waals surface area contributed by atoms with Gasteiger partial charge in [-0.15, -0.1) is 0 Å². The molecule has 2 aliphatic rings. The van der Waals surface area contributed by atoms with Gasteiger partial charge in [-0.05, 0) is 32.7 Å². The Bertz CT molecular complexity index is 275. The number of rotatable bonds is 3. The van der Waals surface area contributed by atoms with Gasteiger partial charge in [0.15, 0.2) is 0 Å². The van der Waals surface area contributed by atoms with Crippen LogP contribution in [0.15, 0.2) is 0 Å². The highest BCUT2D eigenvalue weighted by molar-refractivity contribution is 5.79. The Balaban J connectivity index is 1.79. The molecule has 1 saturated heterocycles. The molecule has 0 aromatic carbocycles. The number of hydrogen-bond donors (Lipinski definition) is 3. The van der Waals surface area contributed by atoms with Gasteiger partial charge in [-0.2, -0.15) is 0 Å². The second-order valence-electron chi connectivity index (χ2n) is 5.64. The molecular formula is C13H24N2O2. The van der Waals surface area contributed by atoms with Gasteiger partial charge in [-0.3, -0.25) is 4.79 Å². The first-order valence-electron chi connectivity index (χ1n) is 6.84. The van der Waals surface area contributed by atoms with Crippen LogP contribution in [0.1, 0.15) is 45.4 Å². The summed E-state index contributed by atoms with van der Waals surface area (Å²) in [5.41, 5.74) is -0.650. The first-order chi connectivity index (χ1) is 8.11. The molecule has 1 saturated carbocycles. The minimum Gasteiger partial charge on any atom is -0.388 e. The number of carbonyl (C=O) groups excluding carboxylic acids is 1. The van der Waals surface area contributed by atoms with Gasteiger partial charge in [0.2, 0.25) is 5.91 Å². The highest BCUT2D eigenvalue weighted by Gasteiger charge is 2.33. The molecule has 0 aromatic rings. The lowest BCUT2D eigenvalue weighted by Gasteiger charge is -2.32. The van der Waals surface area contributed by atoms with Crippen molar-refractivity contribution in [1.29, 1.82) is 0 Å². The maximum atomic E-state index is 12.0. The van der Waals surface area contributed by atoms with Gasteiger partial charge >= 0.3 is 0 Å². The van der Waals surface area contributed by atoms with Crippen LogP contribution in [0.2, 0.25) is 0 Å². The summed E-state index contributed by atoms with van der Waals surface area (Å²) in [4.78, 5) is 12.0. The molecule has 1 amide bonds. The molecule has 2 fully saturated rings. The van der Waals surface area contributed by atoms with Crippen molar-refractivity contribution >= 4 is 5.91 Å². The van der Waals surface area contributed by atoms with E-state index >= 15 is 0 Å². The normalized spacial score (nSPS) is 32.4. The third kappa shape index (κ3) is 3.19. The Kier molecular flexibility index (Phi) is 4.05. The van der Waals surface area contributed by atoms with Gasteiger partial charge in [0.25, 0.3) is 0 Å². The summed E-state index contributed by atoms with van der Waals surface area (Å²) >= 11 is 0.